The van der Waals surface area contributed by atoms with E-state index in [0.717, 1.165) is 0 Å². The summed E-state index contributed by atoms with van der Waals surface area (Å²) < 4.78 is 10.9. The number of carbonyl (C=O) groups is 3. The second-order valence-electron chi connectivity index (χ2n) is 10.6. The van der Waals surface area contributed by atoms with Crippen molar-refractivity contribution in [1.82, 2.24) is 0 Å². The topological polar surface area (TPSA) is 130 Å². The molecule has 0 aromatic rings. The molecule has 3 aliphatic rings. The summed E-state index contributed by atoms with van der Waals surface area (Å²) in [6.07, 6.45) is 2.26. The van der Waals surface area contributed by atoms with E-state index in [0.29, 0.717) is 17.6 Å². The van der Waals surface area contributed by atoms with Gasteiger partial charge in [0.25, 0.3) is 0 Å². The van der Waals surface area contributed by atoms with E-state index in [1.807, 2.05) is 0 Å². The molecule has 0 heterocycles. The third-order valence-corrected chi connectivity index (χ3v) is 8.43. The normalized spacial score (nSPS) is 41.8. The van der Waals surface area contributed by atoms with Gasteiger partial charge in [0.05, 0.1) is 11.7 Å². The molecule has 184 valence electrons. The standard InChI is InChI=1S/C25H36O8/c1-8-17-21(29)23(7,33-15(4)27)22(5,6)18-10-16(12-32-14(3)26)11-24(30)19(25(17,18)31)9-13(2)20(24)28/h9-10,17-19,21,29-31H,8,11-12H2,1-7H3/t17-,18+,19-,21-,23-,24-,25-/m1/s1. The molecule has 0 aromatic heterocycles. The van der Waals surface area contributed by atoms with Crippen LogP contribution in [0.15, 0.2) is 23.3 Å². The number of hydrogen-bond donors (Lipinski definition) is 3. The van der Waals surface area contributed by atoms with Crippen LogP contribution in [-0.4, -0.2) is 62.6 Å². The molecule has 0 radical (unpaired) electrons. The molecule has 0 spiro atoms. The van der Waals surface area contributed by atoms with Crippen LogP contribution in [0.5, 0.6) is 0 Å². The first-order chi connectivity index (χ1) is 15.1. The molecule has 0 aromatic carbocycles. The van der Waals surface area contributed by atoms with Crippen molar-refractivity contribution in [2.75, 3.05) is 6.61 Å². The molecule has 8 nitrogen and oxygen atoms in total. The van der Waals surface area contributed by atoms with Crippen LogP contribution in [0.3, 0.4) is 0 Å². The van der Waals surface area contributed by atoms with Crippen LogP contribution in [0.4, 0.5) is 0 Å². The average Bonchev–Trinajstić information content (AvgIpc) is 2.86. The van der Waals surface area contributed by atoms with Crippen molar-refractivity contribution in [1.29, 1.82) is 0 Å². The number of fused-ring (bicyclic) bond motifs is 3. The summed E-state index contributed by atoms with van der Waals surface area (Å²) in [7, 11) is 0. The third-order valence-electron chi connectivity index (χ3n) is 8.43. The molecule has 0 saturated heterocycles. The lowest BCUT2D eigenvalue weighted by Crippen LogP contribution is -2.74. The minimum absolute atomic E-state index is 0.122. The lowest BCUT2D eigenvalue weighted by Gasteiger charge is -2.64. The molecule has 0 amide bonds. The van der Waals surface area contributed by atoms with Gasteiger partial charge in [0, 0.05) is 43.4 Å². The molecule has 7 atom stereocenters. The van der Waals surface area contributed by atoms with Crippen molar-refractivity contribution in [2.45, 2.75) is 84.2 Å². The fraction of sp³-hybridized carbons (Fsp3) is 0.720. The van der Waals surface area contributed by atoms with E-state index in [-0.39, 0.29) is 13.0 Å². The van der Waals surface area contributed by atoms with Gasteiger partial charge < -0.3 is 24.8 Å². The molecule has 0 unspecified atom stereocenters. The monoisotopic (exact) mass is 464 g/mol. The molecule has 3 N–H and O–H groups in total. The fourth-order valence-corrected chi connectivity index (χ4v) is 6.53. The van der Waals surface area contributed by atoms with Crippen LogP contribution in [-0.2, 0) is 23.9 Å². The summed E-state index contributed by atoms with van der Waals surface area (Å²) in [4.78, 5) is 36.7. The Labute approximate surface area is 194 Å². The Morgan fingerprint density at radius 3 is 2.21 bits per heavy atom. The largest absolute Gasteiger partial charge is 0.461 e. The lowest BCUT2D eigenvalue weighted by molar-refractivity contribution is -0.289. The van der Waals surface area contributed by atoms with E-state index in [1.165, 1.54) is 13.8 Å². The van der Waals surface area contributed by atoms with Crippen molar-refractivity contribution >= 4 is 17.7 Å². The Bertz CT molecular complexity index is 933. The minimum atomic E-state index is -1.95. The van der Waals surface area contributed by atoms with Gasteiger partial charge in [0.1, 0.15) is 17.8 Å². The predicted octanol–water partition coefficient (Wildman–Crippen LogP) is 1.85. The number of carbonyl (C=O) groups excluding carboxylic acids is 3. The maximum Gasteiger partial charge on any atom is 0.303 e. The average molecular weight is 465 g/mol. The van der Waals surface area contributed by atoms with Crippen molar-refractivity contribution in [3.8, 4) is 0 Å². The van der Waals surface area contributed by atoms with Crippen LogP contribution in [0.1, 0.15) is 61.3 Å². The molecular weight excluding hydrogens is 428 g/mol. The van der Waals surface area contributed by atoms with E-state index in [1.54, 1.807) is 46.8 Å². The number of Topliss-reactive ketones (excluding diaryl/α,β-unsaturated/α-hetero) is 1. The highest BCUT2D eigenvalue weighted by molar-refractivity contribution is 6.04. The van der Waals surface area contributed by atoms with Gasteiger partial charge in [0.2, 0.25) is 0 Å². The van der Waals surface area contributed by atoms with Crippen LogP contribution in [0, 0.1) is 23.2 Å². The maximum absolute atomic E-state index is 13.1. The highest BCUT2D eigenvalue weighted by atomic mass is 16.6. The Balaban J connectivity index is 2.31. The summed E-state index contributed by atoms with van der Waals surface area (Å²) in [5.74, 6) is -4.15. The number of ketones is 1. The molecule has 8 heteroatoms. The quantitative estimate of drug-likeness (QED) is 0.424. The Hall–Kier alpha value is -2.03. The van der Waals surface area contributed by atoms with Gasteiger partial charge >= 0.3 is 11.9 Å². The minimum Gasteiger partial charge on any atom is -0.461 e. The Morgan fingerprint density at radius 1 is 1.09 bits per heavy atom. The highest BCUT2D eigenvalue weighted by Crippen LogP contribution is 2.63. The number of aliphatic hydroxyl groups is 3. The van der Waals surface area contributed by atoms with Crippen molar-refractivity contribution in [2.24, 2.45) is 23.2 Å². The van der Waals surface area contributed by atoms with Crippen LogP contribution < -0.4 is 0 Å². The van der Waals surface area contributed by atoms with Gasteiger partial charge in [-0.2, -0.15) is 0 Å². The fourth-order valence-electron chi connectivity index (χ4n) is 6.53. The summed E-state index contributed by atoms with van der Waals surface area (Å²) in [5.41, 5.74) is -5.27. The van der Waals surface area contributed by atoms with Gasteiger partial charge in [-0.05, 0) is 31.4 Å². The maximum atomic E-state index is 13.1. The summed E-state index contributed by atoms with van der Waals surface area (Å²) in [6.45, 7) is 11.0. The lowest BCUT2D eigenvalue weighted by atomic mass is 9.46. The van der Waals surface area contributed by atoms with Crippen molar-refractivity contribution in [3.63, 3.8) is 0 Å². The SMILES string of the molecule is CC[C@@H]1[C@@H](O)[C@@](C)(OC(C)=O)C(C)(C)[C@@H]2C=C(COC(C)=O)C[C@]3(O)C(=O)C(C)=C[C@H]3[C@@]12O. The first-order valence-electron chi connectivity index (χ1n) is 11.5. The zero-order valence-electron chi connectivity index (χ0n) is 20.5. The zero-order chi connectivity index (χ0) is 25.1. The van der Waals surface area contributed by atoms with E-state index < -0.39 is 63.8 Å². The van der Waals surface area contributed by atoms with E-state index >= 15 is 0 Å². The highest BCUT2D eigenvalue weighted by Gasteiger charge is 2.73. The molecule has 3 aliphatic carbocycles. The molecular formula is C25H36O8. The molecule has 1 fully saturated rings. The van der Waals surface area contributed by atoms with Crippen LogP contribution >= 0.6 is 0 Å². The van der Waals surface area contributed by atoms with Gasteiger partial charge in [-0.25, -0.2) is 0 Å². The van der Waals surface area contributed by atoms with E-state index in [9.17, 15) is 29.7 Å². The smallest absolute Gasteiger partial charge is 0.303 e. The first kappa shape index (κ1) is 25.6. The Morgan fingerprint density at radius 2 is 1.70 bits per heavy atom. The third kappa shape index (κ3) is 3.49. The molecule has 0 bridgehead atoms. The van der Waals surface area contributed by atoms with E-state index in [4.69, 9.17) is 9.47 Å². The zero-order valence-corrected chi connectivity index (χ0v) is 20.5. The number of aliphatic hydroxyl groups excluding tert-OH is 1. The Kier molecular flexibility index (Phi) is 6.23. The summed E-state index contributed by atoms with van der Waals surface area (Å²) in [5, 5.41) is 35.7. The summed E-state index contributed by atoms with van der Waals surface area (Å²) in [6, 6.07) is 0. The predicted molar refractivity (Wildman–Crippen MR) is 119 cm³/mol. The summed E-state index contributed by atoms with van der Waals surface area (Å²) >= 11 is 0. The molecule has 3 rings (SSSR count). The second-order valence-corrected chi connectivity index (χ2v) is 10.6. The van der Waals surface area contributed by atoms with Crippen LogP contribution in [0.25, 0.3) is 0 Å². The van der Waals surface area contributed by atoms with Crippen LogP contribution in [0.2, 0.25) is 0 Å². The molecule has 0 aliphatic heterocycles. The van der Waals surface area contributed by atoms with Gasteiger partial charge in [-0.1, -0.05) is 32.9 Å². The van der Waals surface area contributed by atoms with Gasteiger partial charge in [0.15, 0.2) is 5.78 Å². The number of esters is 2. The first-order valence-corrected chi connectivity index (χ1v) is 11.5. The number of ether oxygens (including phenoxy) is 2. The van der Waals surface area contributed by atoms with Crippen molar-refractivity contribution < 1.29 is 39.2 Å². The van der Waals surface area contributed by atoms with E-state index in [2.05, 4.69) is 0 Å². The number of rotatable bonds is 4. The van der Waals surface area contributed by atoms with Gasteiger partial charge in [-0.15, -0.1) is 0 Å². The molecule has 1 saturated carbocycles. The number of hydrogen-bond acceptors (Lipinski definition) is 8. The van der Waals surface area contributed by atoms with Gasteiger partial charge in [-0.3, -0.25) is 14.4 Å². The molecule has 33 heavy (non-hydrogen) atoms. The second kappa shape index (κ2) is 8.03. The van der Waals surface area contributed by atoms with Crippen molar-refractivity contribution in [3.05, 3.63) is 23.3 Å².